The number of hydrogen-bond donors (Lipinski definition) is 0. The maximum atomic E-state index is 12.1. The van der Waals surface area contributed by atoms with Crippen LogP contribution in [0.3, 0.4) is 0 Å². The van der Waals surface area contributed by atoms with Crippen LogP contribution in [0.4, 0.5) is 0 Å². The average Bonchev–Trinajstić information content (AvgIpc) is 3.20. The fraction of sp³-hybridized carbons (Fsp3) is 0.263. The molecule has 6 nitrogen and oxygen atoms in total. The number of carbonyl (C=O) groups excluding carboxylic acids is 2. The lowest BCUT2D eigenvalue weighted by molar-refractivity contribution is -0.144. The summed E-state index contributed by atoms with van der Waals surface area (Å²) in [6, 6.07) is 7.29. The number of esters is 2. The molecule has 0 spiro atoms. The molecule has 0 unspecified atom stereocenters. The Morgan fingerprint density at radius 2 is 1.96 bits per heavy atom. The van der Waals surface area contributed by atoms with Gasteiger partial charge in [0.1, 0.15) is 17.8 Å². The van der Waals surface area contributed by atoms with Crippen molar-refractivity contribution >= 4 is 22.9 Å². The van der Waals surface area contributed by atoms with E-state index in [4.69, 9.17) is 18.3 Å². The van der Waals surface area contributed by atoms with Gasteiger partial charge in [-0.25, -0.2) is 4.79 Å². The van der Waals surface area contributed by atoms with E-state index in [1.165, 1.54) is 12.3 Å². The third kappa shape index (κ3) is 3.74. The number of benzene rings is 1. The highest BCUT2D eigenvalue weighted by atomic mass is 16.5. The lowest BCUT2D eigenvalue weighted by Crippen LogP contribution is -2.10. The highest BCUT2D eigenvalue weighted by molar-refractivity contribution is 5.90. The molecule has 0 aliphatic carbocycles. The van der Waals surface area contributed by atoms with Crippen LogP contribution in [0.2, 0.25) is 0 Å². The first-order valence-corrected chi connectivity index (χ1v) is 7.94. The maximum Gasteiger partial charge on any atom is 0.341 e. The van der Waals surface area contributed by atoms with Crippen LogP contribution >= 0.6 is 0 Å². The fourth-order valence-electron chi connectivity index (χ4n) is 2.52. The van der Waals surface area contributed by atoms with Crippen molar-refractivity contribution in [2.24, 2.45) is 0 Å². The number of rotatable bonds is 6. The Balaban J connectivity index is 1.63. The summed E-state index contributed by atoms with van der Waals surface area (Å²) in [5.41, 5.74) is 2.84. The molecular weight excluding hydrogens is 324 g/mol. The summed E-state index contributed by atoms with van der Waals surface area (Å²) in [7, 11) is 0. The first-order valence-electron chi connectivity index (χ1n) is 7.94. The summed E-state index contributed by atoms with van der Waals surface area (Å²) < 4.78 is 20.8. The minimum atomic E-state index is -0.501. The molecule has 25 heavy (non-hydrogen) atoms. The summed E-state index contributed by atoms with van der Waals surface area (Å²) in [5.74, 6) is -0.674. The molecule has 3 aromatic rings. The molecule has 0 aliphatic rings. The highest BCUT2D eigenvalue weighted by Gasteiger charge is 2.18. The topological polar surface area (TPSA) is 78.9 Å². The first kappa shape index (κ1) is 16.8. The molecule has 6 heteroatoms. The third-order valence-electron chi connectivity index (χ3n) is 3.75. The number of carbonyl (C=O) groups is 2. The van der Waals surface area contributed by atoms with Crippen LogP contribution in [0.5, 0.6) is 0 Å². The van der Waals surface area contributed by atoms with Crippen molar-refractivity contribution in [1.82, 2.24) is 0 Å². The van der Waals surface area contributed by atoms with E-state index < -0.39 is 11.9 Å². The average molecular weight is 342 g/mol. The molecule has 0 bridgehead atoms. The van der Waals surface area contributed by atoms with Crippen molar-refractivity contribution in [3.05, 3.63) is 59.2 Å². The molecule has 130 valence electrons. The molecule has 0 amide bonds. The third-order valence-corrected chi connectivity index (χ3v) is 3.75. The quantitative estimate of drug-likeness (QED) is 0.634. The van der Waals surface area contributed by atoms with Crippen molar-refractivity contribution in [1.29, 1.82) is 0 Å². The van der Waals surface area contributed by atoms with E-state index in [1.54, 1.807) is 13.2 Å². The molecule has 0 N–H and O–H groups in total. The van der Waals surface area contributed by atoms with Gasteiger partial charge in [0.25, 0.3) is 0 Å². The van der Waals surface area contributed by atoms with Gasteiger partial charge in [-0.1, -0.05) is 12.1 Å². The number of aryl methyl sites for hydroxylation is 1. The minimum Gasteiger partial charge on any atom is -0.465 e. The zero-order chi connectivity index (χ0) is 17.8. The van der Waals surface area contributed by atoms with Crippen LogP contribution in [-0.2, 0) is 27.3 Å². The number of fused-ring (bicyclic) bond motifs is 1. The van der Waals surface area contributed by atoms with Crippen LogP contribution in [-0.4, -0.2) is 18.5 Å². The van der Waals surface area contributed by atoms with Crippen molar-refractivity contribution in [2.45, 2.75) is 26.9 Å². The summed E-state index contributed by atoms with van der Waals surface area (Å²) in [4.78, 5) is 23.9. The van der Waals surface area contributed by atoms with Gasteiger partial charge < -0.3 is 18.3 Å². The summed E-state index contributed by atoms with van der Waals surface area (Å²) in [6.07, 6.45) is 3.00. The van der Waals surface area contributed by atoms with Gasteiger partial charge in [0.15, 0.2) is 5.76 Å². The minimum absolute atomic E-state index is 0.0749. The normalized spacial score (nSPS) is 10.8. The van der Waals surface area contributed by atoms with Crippen molar-refractivity contribution in [3.63, 3.8) is 0 Å². The number of furan rings is 2. The van der Waals surface area contributed by atoms with E-state index in [0.29, 0.717) is 0 Å². The molecule has 3 rings (SSSR count). The first-order chi connectivity index (χ1) is 12.1. The number of ether oxygens (including phenoxy) is 2. The molecule has 0 radical (unpaired) electrons. The van der Waals surface area contributed by atoms with E-state index >= 15 is 0 Å². The van der Waals surface area contributed by atoms with E-state index in [0.717, 1.165) is 22.1 Å². The van der Waals surface area contributed by atoms with Gasteiger partial charge >= 0.3 is 11.9 Å². The van der Waals surface area contributed by atoms with E-state index in [9.17, 15) is 9.59 Å². The molecule has 2 aromatic heterocycles. The van der Waals surface area contributed by atoms with Crippen LogP contribution < -0.4 is 0 Å². The smallest absolute Gasteiger partial charge is 0.341 e. The Morgan fingerprint density at radius 3 is 2.76 bits per heavy atom. The van der Waals surface area contributed by atoms with Crippen LogP contribution in [0.1, 0.15) is 34.2 Å². The van der Waals surface area contributed by atoms with Gasteiger partial charge in [0.05, 0.1) is 25.6 Å². The molecular formula is C19H18O6. The largest absolute Gasteiger partial charge is 0.465 e. The van der Waals surface area contributed by atoms with Crippen molar-refractivity contribution in [3.8, 4) is 0 Å². The van der Waals surface area contributed by atoms with E-state index in [1.807, 2.05) is 25.1 Å². The molecule has 1 aromatic carbocycles. The molecule has 0 atom stereocenters. The van der Waals surface area contributed by atoms with Crippen LogP contribution in [0.25, 0.3) is 11.0 Å². The van der Waals surface area contributed by atoms with Gasteiger partial charge in [0.2, 0.25) is 0 Å². The van der Waals surface area contributed by atoms with Gasteiger partial charge in [-0.15, -0.1) is 0 Å². The Morgan fingerprint density at radius 1 is 1.12 bits per heavy atom. The summed E-state index contributed by atoms with van der Waals surface area (Å²) in [6.45, 7) is 3.82. The second-order valence-electron chi connectivity index (χ2n) is 5.58. The number of hydrogen-bond acceptors (Lipinski definition) is 6. The molecule has 0 saturated carbocycles. The van der Waals surface area contributed by atoms with Crippen molar-refractivity contribution < 1.29 is 27.9 Å². The van der Waals surface area contributed by atoms with Gasteiger partial charge in [-0.3, -0.25) is 4.79 Å². The predicted octanol–water partition coefficient (Wildman–Crippen LogP) is 3.80. The summed E-state index contributed by atoms with van der Waals surface area (Å²) in [5, 5.41) is 0.882. The van der Waals surface area contributed by atoms with Gasteiger partial charge in [0, 0.05) is 10.9 Å². The monoisotopic (exact) mass is 342 g/mol. The van der Waals surface area contributed by atoms with Crippen molar-refractivity contribution in [2.75, 3.05) is 6.61 Å². The SMILES string of the molecule is CCOC(=O)c1ccoc1COC(=O)Cc1coc2cc(C)ccc12. The Labute approximate surface area is 144 Å². The zero-order valence-electron chi connectivity index (χ0n) is 14.0. The Kier molecular flexibility index (Phi) is 4.88. The van der Waals surface area contributed by atoms with Crippen LogP contribution in [0, 0.1) is 6.92 Å². The second kappa shape index (κ2) is 7.25. The Hall–Kier alpha value is -3.02. The lowest BCUT2D eigenvalue weighted by Gasteiger charge is -2.05. The maximum absolute atomic E-state index is 12.1. The molecule has 2 heterocycles. The van der Waals surface area contributed by atoms with E-state index in [2.05, 4.69) is 0 Å². The molecule has 0 aliphatic heterocycles. The predicted molar refractivity (Wildman–Crippen MR) is 89.1 cm³/mol. The highest BCUT2D eigenvalue weighted by Crippen LogP contribution is 2.23. The van der Waals surface area contributed by atoms with Gasteiger partial charge in [-0.05, 0) is 31.5 Å². The molecule has 0 fully saturated rings. The van der Waals surface area contributed by atoms with E-state index in [-0.39, 0.29) is 31.0 Å². The Bertz CT molecular complexity index is 902. The summed E-state index contributed by atoms with van der Waals surface area (Å²) >= 11 is 0. The lowest BCUT2D eigenvalue weighted by atomic mass is 10.1. The zero-order valence-corrected chi connectivity index (χ0v) is 14.0. The molecule has 0 saturated heterocycles. The van der Waals surface area contributed by atoms with Gasteiger partial charge in [-0.2, -0.15) is 0 Å². The van der Waals surface area contributed by atoms with Crippen LogP contribution in [0.15, 0.2) is 45.6 Å². The standard InChI is InChI=1S/C19H18O6/c1-3-22-19(21)15-6-7-23-17(15)11-25-18(20)9-13-10-24-16-8-12(2)4-5-14(13)16/h4-8,10H,3,9,11H2,1-2H3. The second-order valence-corrected chi connectivity index (χ2v) is 5.58. The fourth-order valence-corrected chi connectivity index (χ4v) is 2.52.